The summed E-state index contributed by atoms with van der Waals surface area (Å²) in [7, 11) is 0. The summed E-state index contributed by atoms with van der Waals surface area (Å²) in [4.78, 5) is 2.69. The third kappa shape index (κ3) is 2.07. The summed E-state index contributed by atoms with van der Waals surface area (Å²) in [5, 5.41) is 0. The van der Waals surface area contributed by atoms with Crippen molar-refractivity contribution in [3.05, 3.63) is 6.92 Å². The molecule has 1 nitrogen and oxygen atoms in total. The van der Waals surface area contributed by atoms with E-state index in [1.807, 2.05) is 0 Å². The fourth-order valence-electron chi connectivity index (χ4n) is 3.14. The summed E-state index contributed by atoms with van der Waals surface area (Å²) in [6, 6.07) is 1.78. The Bertz CT molecular complexity index is 127. The SMILES string of the molecule is [CH2]CN(C1CCCC1)C1CCCC1. The Morgan fingerprint density at radius 3 is 1.54 bits per heavy atom. The van der Waals surface area contributed by atoms with Crippen LogP contribution in [0.3, 0.4) is 0 Å². The van der Waals surface area contributed by atoms with E-state index in [1.165, 1.54) is 51.4 Å². The molecule has 0 bridgehead atoms. The molecular formula is C12H22N. The highest BCUT2D eigenvalue weighted by Crippen LogP contribution is 2.30. The van der Waals surface area contributed by atoms with Crippen LogP contribution in [0.4, 0.5) is 0 Å². The largest absolute Gasteiger partial charge is 0.297 e. The summed E-state index contributed by atoms with van der Waals surface area (Å²) in [6.45, 7) is 5.14. The lowest BCUT2D eigenvalue weighted by molar-refractivity contribution is 0.154. The van der Waals surface area contributed by atoms with Crippen LogP contribution in [-0.4, -0.2) is 23.5 Å². The van der Waals surface area contributed by atoms with Gasteiger partial charge in [-0.2, -0.15) is 0 Å². The molecule has 2 rings (SSSR count). The van der Waals surface area contributed by atoms with Crippen LogP contribution >= 0.6 is 0 Å². The summed E-state index contributed by atoms with van der Waals surface area (Å²) in [5.74, 6) is 0. The average Bonchev–Trinajstić information content (AvgIpc) is 2.76. The van der Waals surface area contributed by atoms with Crippen LogP contribution < -0.4 is 0 Å². The molecule has 2 aliphatic rings. The first kappa shape index (κ1) is 9.51. The maximum atomic E-state index is 4.10. The van der Waals surface area contributed by atoms with Gasteiger partial charge >= 0.3 is 0 Å². The van der Waals surface area contributed by atoms with E-state index in [2.05, 4.69) is 11.8 Å². The summed E-state index contributed by atoms with van der Waals surface area (Å²) >= 11 is 0. The molecule has 0 aliphatic heterocycles. The first-order valence-electron chi connectivity index (χ1n) is 5.97. The van der Waals surface area contributed by atoms with Gasteiger partial charge in [0.15, 0.2) is 0 Å². The van der Waals surface area contributed by atoms with Crippen molar-refractivity contribution in [3.8, 4) is 0 Å². The van der Waals surface area contributed by atoms with Crippen molar-refractivity contribution in [2.45, 2.75) is 63.5 Å². The van der Waals surface area contributed by atoms with E-state index in [1.54, 1.807) is 0 Å². The smallest absolute Gasteiger partial charge is 0.00981 e. The van der Waals surface area contributed by atoms with Gasteiger partial charge in [-0.3, -0.25) is 4.90 Å². The Morgan fingerprint density at radius 1 is 0.846 bits per heavy atom. The molecule has 0 aromatic carbocycles. The number of hydrogen-bond acceptors (Lipinski definition) is 1. The van der Waals surface area contributed by atoms with Crippen LogP contribution in [-0.2, 0) is 0 Å². The van der Waals surface area contributed by atoms with Gasteiger partial charge in [-0.05, 0) is 39.2 Å². The lowest BCUT2D eigenvalue weighted by Crippen LogP contribution is -2.40. The number of rotatable bonds is 3. The quantitative estimate of drug-likeness (QED) is 0.645. The van der Waals surface area contributed by atoms with E-state index < -0.39 is 0 Å². The van der Waals surface area contributed by atoms with E-state index in [9.17, 15) is 0 Å². The topological polar surface area (TPSA) is 3.24 Å². The van der Waals surface area contributed by atoms with Gasteiger partial charge in [0.2, 0.25) is 0 Å². The molecule has 2 fully saturated rings. The van der Waals surface area contributed by atoms with Crippen molar-refractivity contribution in [2.24, 2.45) is 0 Å². The van der Waals surface area contributed by atoms with Crippen LogP contribution in [0.25, 0.3) is 0 Å². The van der Waals surface area contributed by atoms with Crippen LogP contribution in [0, 0.1) is 6.92 Å². The van der Waals surface area contributed by atoms with Crippen LogP contribution in [0.5, 0.6) is 0 Å². The standard InChI is InChI=1S/C12H22N/c1-2-13(11-7-3-4-8-11)12-9-5-6-10-12/h11-12H,1-10H2. The van der Waals surface area contributed by atoms with Crippen molar-refractivity contribution in [1.29, 1.82) is 0 Å². The van der Waals surface area contributed by atoms with E-state index in [0.717, 1.165) is 18.6 Å². The van der Waals surface area contributed by atoms with Gasteiger partial charge in [0.1, 0.15) is 0 Å². The second kappa shape index (κ2) is 4.45. The predicted molar refractivity (Wildman–Crippen MR) is 56.6 cm³/mol. The maximum absolute atomic E-state index is 4.10. The molecule has 0 aromatic rings. The van der Waals surface area contributed by atoms with E-state index in [-0.39, 0.29) is 0 Å². The minimum atomic E-state index is 0.889. The Morgan fingerprint density at radius 2 is 1.23 bits per heavy atom. The molecule has 2 saturated carbocycles. The minimum absolute atomic E-state index is 0.889. The van der Waals surface area contributed by atoms with Gasteiger partial charge in [-0.25, -0.2) is 0 Å². The van der Waals surface area contributed by atoms with Crippen molar-refractivity contribution in [1.82, 2.24) is 4.90 Å². The molecule has 0 saturated heterocycles. The summed E-state index contributed by atoms with van der Waals surface area (Å²) < 4.78 is 0. The second-order valence-electron chi connectivity index (χ2n) is 4.61. The number of hydrogen-bond donors (Lipinski definition) is 0. The van der Waals surface area contributed by atoms with Gasteiger partial charge in [0.05, 0.1) is 0 Å². The van der Waals surface area contributed by atoms with Gasteiger partial charge in [0, 0.05) is 12.1 Å². The Balaban J connectivity index is 1.90. The molecule has 2 aliphatic carbocycles. The van der Waals surface area contributed by atoms with E-state index >= 15 is 0 Å². The maximum Gasteiger partial charge on any atom is 0.00981 e. The Labute approximate surface area is 82.5 Å². The van der Waals surface area contributed by atoms with Crippen molar-refractivity contribution < 1.29 is 0 Å². The third-order valence-electron chi connectivity index (χ3n) is 3.85. The van der Waals surface area contributed by atoms with Gasteiger partial charge in [0.25, 0.3) is 0 Å². The predicted octanol–water partition coefficient (Wildman–Crippen LogP) is 3.01. The second-order valence-corrected chi connectivity index (χ2v) is 4.61. The van der Waals surface area contributed by atoms with Crippen LogP contribution in [0.1, 0.15) is 51.4 Å². The Kier molecular flexibility index (Phi) is 3.26. The Hall–Kier alpha value is -0.0400. The first-order valence-corrected chi connectivity index (χ1v) is 5.97. The van der Waals surface area contributed by atoms with Crippen molar-refractivity contribution in [3.63, 3.8) is 0 Å². The summed E-state index contributed by atoms with van der Waals surface area (Å²) in [6.07, 6.45) is 11.6. The molecule has 0 N–H and O–H groups in total. The highest BCUT2D eigenvalue weighted by atomic mass is 15.2. The highest BCUT2D eigenvalue weighted by Gasteiger charge is 2.28. The highest BCUT2D eigenvalue weighted by molar-refractivity contribution is 4.85. The fourth-order valence-corrected chi connectivity index (χ4v) is 3.14. The normalized spacial score (nSPS) is 26.3. The van der Waals surface area contributed by atoms with Crippen molar-refractivity contribution in [2.75, 3.05) is 6.54 Å². The number of nitrogens with zero attached hydrogens (tertiary/aromatic N) is 1. The molecule has 0 heterocycles. The van der Waals surface area contributed by atoms with Gasteiger partial charge < -0.3 is 0 Å². The fraction of sp³-hybridized carbons (Fsp3) is 0.917. The molecule has 0 aromatic heterocycles. The van der Waals surface area contributed by atoms with E-state index in [0.29, 0.717) is 0 Å². The third-order valence-corrected chi connectivity index (χ3v) is 3.85. The molecule has 75 valence electrons. The van der Waals surface area contributed by atoms with Crippen LogP contribution in [0.15, 0.2) is 0 Å². The minimum Gasteiger partial charge on any atom is -0.297 e. The molecule has 0 unspecified atom stereocenters. The zero-order chi connectivity index (χ0) is 9.10. The van der Waals surface area contributed by atoms with Gasteiger partial charge in [-0.15, -0.1) is 0 Å². The lowest BCUT2D eigenvalue weighted by atomic mass is 10.1. The summed E-state index contributed by atoms with van der Waals surface area (Å²) in [5.41, 5.74) is 0. The zero-order valence-corrected chi connectivity index (χ0v) is 8.67. The van der Waals surface area contributed by atoms with Crippen molar-refractivity contribution >= 4 is 0 Å². The molecule has 0 spiro atoms. The molecule has 0 amide bonds. The molecular weight excluding hydrogens is 158 g/mol. The van der Waals surface area contributed by atoms with E-state index in [4.69, 9.17) is 0 Å². The lowest BCUT2D eigenvalue weighted by Gasteiger charge is -2.33. The van der Waals surface area contributed by atoms with Gasteiger partial charge in [-0.1, -0.05) is 25.7 Å². The monoisotopic (exact) mass is 180 g/mol. The molecule has 1 radical (unpaired) electrons. The molecule has 13 heavy (non-hydrogen) atoms. The first-order chi connectivity index (χ1) is 6.42. The van der Waals surface area contributed by atoms with Crippen LogP contribution in [0.2, 0.25) is 0 Å². The molecule has 1 heteroatoms. The molecule has 0 atom stereocenters. The zero-order valence-electron chi connectivity index (χ0n) is 8.67. The average molecular weight is 180 g/mol.